The number of rotatable bonds is 3. The molecule has 0 aliphatic carbocycles. The molecule has 2 nitrogen and oxygen atoms in total. The van der Waals surface area contributed by atoms with E-state index in [4.69, 9.17) is 0 Å². The van der Waals surface area contributed by atoms with Crippen LogP contribution in [0.5, 0.6) is 0 Å². The van der Waals surface area contributed by atoms with Gasteiger partial charge in [-0.2, -0.15) is 13.2 Å². The highest BCUT2D eigenvalue weighted by Gasteiger charge is 2.35. The average Bonchev–Trinajstić information content (AvgIpc) is 2.85. The second kappa shape index (κ2) is 5.45. The first kappa shape index (κ1) is 14.9. The molecule has 1 unspecified atom stereocenters. The predicted molar refractivity (Wildman–Crippen MR) is 64.4 cm³/mol. The molecule has 0 amide bonds. The maximum Gasteiger partial charge on any atom is 0.443 e. The molecule has 1 aromatic carbocycles. The van der Waals surface area contributed by atoms with E-state index in [1.807, 2.05) is 0 Å². The number of halogens is 5. The Morgan fingerprint density at radius 1 is 1.25 bits per heavy atom. The molecule has 0 saturated carbocycles. The number of hydrogen-bond donors (Lipinski definition) is 1. The standard InChI is InChI=1S/C12H9F5N2S/c1-18-10(6-3-2-4-7(13)9(6)14)8-5-19-11(20-8)12(15,16)17/h2-5,10,18H,1H3. The highest BCUT2D eigenvalue weighted by Crippen LogP contribution is 2.36. The summed E-state index contributed by atoms with van der Waals surface area (Å²) in [5.41, 5.74) is -0.0649. The fourth-order valence-electron chi connectivity index (χ4n) is 1.75. The van der Waals surface area contributed by atoms with Crippen molar-refractivity contribution in [1.29, 1.82) is 0 Å². The van der Waals surface area contributed by atoms with Crippen LogP contribution in [0.15, 0.2) is 24.4 Å². The lowest BCUT2D eigenvalue weighted by Gasteiger charge is -2.15. The molecular weight excluding hydrogens is 299 g/mol. The van der Waals surface area contributed by atoms with Crippen molar-refractivity contribution in [2.24, 2.45) is 0 Å². The number of nitrogens with one attached hydrogen (secondary N) is 1. The second-order valence-corrected chi connectivity index (χ2v) is 4.99. The Balaban J connectivity index is 2.43. The van der Waals surface area contributed by atoms with Gasteiger partial charge < -0.3 is 5.32 Å². The van der Waals surface area contributed by atoms with Gasteiger partial charge in [0.1, 0.15) is 0 Å². The van der Waals surface area contributed by atoms with Crippen molar-refractivity contribution in [2.45, 2.75) is 12.2 Å². The highest BCUT2D eigenvalue weighted by atomic mass is 32.1. The van der Waals surface area contributed by atoms with Crippen LogP contribution in [0.4, 0.5) is 22.0 Å². The van der Waals surface area contributed by atoms with Crippen LogP contribution in [0.1, 0.15) is 21.5 Å². The van der Waals surface area contributed by atoms with Crippen LogP contribution in [-0.2, 0) is 6.18 Å². The Kier molecular flexibility index (Phi) is 4.05. The number of hydrogen-bond acceptors (Lipinski definition) is 3. The van der Waals surface area contributed by atoms with E-state index in [1.54, 1.807) is 0 Å². The van der Waals surface area contributed by atoms with Gasteiger partial charge in [-0.3, -0.25) is 0 Å². The van der Waals surface area contributed by atoms with Crippen molar-refractivity contribution in [1.82, 2.24) is 10.3 Å². The van der Waals surface area contributed by atoms with E-state index in [-0.39, 0.29) is 10.4 Å². The summed E-state index contributed by atoms with van der Waals surface area (Å²) in [5.74, 6) is -2.14. The lowest BCUT2D eigenvalue weighted by atomic mass is 10.1. The van der Waals surface area contributed by atoms with Crippen LogP contribution < -0.4 is 5.32 Å². The van der Waals surface area contributed by atoms with Gasteiger partial charge in [-0.1, -0.05) is 12.1 Å². The third kappa shape index (κ3) is 2.80. The summed E-state index contributed by atoms with van der Waals surface area (Å²) in [6.45, 7) is 0. The van der Waals surface area contributed by atoms with Gasteiger partial charge in [0.05, 0.1) is 6.04 Å². The minimum absolute atomic E-state index is 0.0649. The normalized spacial score (nSPS) is 13.5. The minimum Gasteiger partial charge on any atom is -0.309 e. The first-order valence-electron chi connectivity index (χ1n) is 5.48. The van der Waals surface area contributed by atoms with Crippen LogP contribution in [0.2, 0.25) is 0 Å². The summed E-state index contributed by atoms with van der Waals surface area (Å²) in [6.07, 6.45) is -3.54. The van der Waals surface area contributed by atoms with Crippen LogP contribution >= 0.6 is 11.3 Å². The summed E-state index contributed by atoms with van der Waals surface area (Å²) < 4.78 is 64.4. The number of benzene rings is 1. The van der Waals surface area contributed by atoms with E-state index in [2.05, 4.69) is 10.3 Å². The summed E-state index contributed by atoms with van der Waals surface area (Å²) in [7, 11) is 1.45. The summed E-state index contributed by atoms with van der Waals surface area (Å²) >= 11 is 0.394. The zero-order chi connectivity index (χ0) is 14.9. The molecule has 0 aliphatic heterocycles. The van der Waals surface area contributed by atoms with Crippen LogP contribution in [0, 0.1) is 11.6 Å². The zero-order valence-electron chi connectivity index (χ0n) is 10.1. The van der Waals surface area contributed by atoms with E-state index in [0.29, 0.717) is 11.3 Å². The summed E-state index contributed by atoms with van der Waals surface area (Å²) in [4.78, 5) is 3.43. The summed E-state index contributed by atoms with van der Waals surface area (Å²) in [5, 5.41) is 1.64. The largest absolute Gasteiger partial charge is 0.443 e. The highest BCUT2D eigenvalue weighted by molar-refractivity contribution is 7.11. The second-order valence-electron chi connectivity index (χ2n) is 3.93. The fourth-order valence-corrected chi connectivity index (χ4v) is 2.66. The maximum absolute atomic E-state index is 13.7. The number of thiazole rings is 1. The number of alkyl halides is 3. The summed E-state index contributed by atoms with van der Waals surface area (Å²) in [6, 6.07) is 2.66. The maximum atomic E-state index is 13.7. The molecule has 1 aromatic heterocycles. The van der Waals surface area contributed by atoms with Crippen LogP contribution in [0.25, 0.3) is 0 Å². The molecule has 0 bridgehead atoms. The van der Waals surface area contributed by atoms with Crippen LogP contribution in [0.3, 0.4) is 0 Å². The van der Waals surface area contributed by atoms with Gasteiger partial charge in [0.25, 0.3) is 0 Å². The molecule has 20 heavy (non-hydrogen) atoms. The topological polar surface area (TPSA) is 24.9 Å². The molecule has 0 saturated heterocycles. The monoisotopic (exact) mass is 308 g/mol. The van der Waals surface area contributed by atoms with E-state index in [0.717, 1.165) is 12.3 Å². The van der Waals surface area contributed by atoms with Gasteiger partial charge in [0.15, 0.2) is 16.6 Å². The third-order valence-corrected chi connectivity index (χ3v) is 3.74. The van der Waals surface area contributed by atoms with E-state index < -0.39 is 28.9 Å². The molecule has 1 heterocycles. The Morgan fingerprint density at radius 2 is 1.95 bits per heavy atom. The molecule has 1 atom stereocenters. The van der Waals surface area contributed by atoms with Crippen molar-refractivity contribution in [3.05, 3.63) is 51.5 Å². The van der Waals surface area contributed by atoms with Crippen LogP contribution in [-0.4, -0.2) is 12.0 Å². The minimum atomic E-state index is -4.55. The van der Waals surface area contributed by atoms with E-state index in [9.17, 15) is 22.0 Å². The predicted octanol–water partition coefficient (Wildman–Crippen LogP) is 3.75. The molecule has 1 N–H and O–H groups in total. The first-order valence-corrected chi connectivity index (χ1v) is 6.30. The van der Waals surface area contributed by atoms with Crippen molar-refractivity contribution < 1.29 is 22.0 Å². The van der Waals surface area contributed by atoms with Crippen molar-refractivity contribution in [3.8, 4) is 0 Å². The van der Waals surface area contributed by atoms with E-state index >= 15 is 0 Å². The third-order valence-electron chi connectivity index (χ3n) is 2.63. The Bertz CT molecular complexity index is 608. The molecule has 2 aromatic rings. The smallest absolute Gasteiger partial charge is 0.309 e. The molecule has 0 spiro atoms. The quantitative estimate of drug-likeness (QED) is 0.874. The van der Waals surface area contributed by atoms with Gasteiger partial charge in [-0.15, -0.1) is 11.3 Å². The lowest BCUT2D eigenvalue weighted by Crippen LogP contribution is -2.18. The average molecular weight is 308 g/mol. The molecule has 0 radical (unpaired) electrons. The fraction of sp³-hybridized carbons (Fsp3) is 0.250. The van der Waals surface area contributed by atoms with Gasteiger partial charge in [0, 0.05) is 16.6 Å². The zero-order valence-corrected chi connectivity index (χ0v) is 10.9. The molecule has 108 valence electrons. The number of aromatic nitrogens is 1. The van der Waals surface area contributed by atoms with E-state index in [1.165, 1.54) is 19.2 Å². The van der Waals surface area contributed by atoms with Crippen molar-refractivity contribution >= 4 is 11.3 Å². The van der Waals surface area contributed by atoms with Crippen molar-refractivity contribution in [3.63, 3.8) is 0 Å². The Morgan fingerprint density at radius 3 is 2.50 bits per heavy atom. The van der Waals surface area contributed by atoms with Gasteiger partial charge in [-0.05, 0) is 13.1 Å². The SMILES string of the molecule is CNC(c1cnc(C(F)(F)F)s1)c1cccc(F)c1F. The molecular formula is C12H9F5N2S. The number of nitrogens with zero attached hydrogens (tertiary/aromatic N) is 1. The molecule has 2 rings (SSSR count). The molecule has 8 heteroatoms. The Hall–Kier alpha value is -1.54. The van der Waals surface area contributed by atoms with Gasteiger partial charge in [-0.25, -0.2) is 13.8 Å². The first-order chi connectivity index (χ1) is 9.34. The van der Waals surface area contributed by atoms with Gasteiger partial charge in [0.2, 0.25) is 0 Å². The van der Waals surface area contributed by atoms with Crippen molar-refractivity contribution in [2.75, 3.05) is 7.05 Å². The lowest BCUT2D eigenvalue weighted by molar-refractivity contribution is -0.137. The molecule has 0 aliphatic rings. The molecule has 0 fully saturated rings. The van der Waals surface area contributed by atoms with Gasteiger partial charge >= 0.3 is 6.18 Å². The Labute approximate surface area is 115 Å².